The Bertz CT molecular complexity index is 837. The van der Waals surface area contributed by atoms with Crippen molar-refractivity contribution in [2.75, 3.05) is 50.4 Å². The van der Waals surface area contributed by atoms with Gasteiger partial charge in [0.15, 0.2) is 0 Å². The Morgan fingerprint density at radius 2 is 1.72 bits per heavy atom. The summed E-state index contributed by atoms with van der Waals surface area (Å²) in [6, 6.07) is 14.0. The summed E-state index contributed by atoms with van der Waals surface area (Å²) in [5, 5.41) is 0. The highest BCUT2D eigenvalue weighted by atomic mass is 35.5. The van der Waals surface area contributed by atoms with Gasteiger partial charge in [0, 0.05) is 56.2 Å². The molecule has 0 saturated carbocycles. The highest BCUT2D eigenvalue weighted by molar-refractivity contribution is 6.07. The van der Waals surface area contributed by atoms with Crippen molar-refractivity contribution in [1.29, 1.82) is 0 Å². The van der Waals surface area contributed by atoms with Gasteiger partial charge in [-0.25, -0.2) is 0 Å². The zero-order valence-corrected chi connectivity index (χ0v) is 18.5. The first-order valence-electron chi connectivity index (χ1n) is 9.81. The lowest BCUT2D eigenvalue weighted by molar-refractivity contribution is 0.0985. The van der Waals surface area contributed by atoms with Crippen LogP contribution in [0.15, 0.2) is 42.5 Å². The number of benzene rings is 2. The normalized spacial score (nSPS) is 17.1. The second-order valence-electron chi connectivity index (χ2n) is 7.69. The van der Waals surface area contributed by atoms with E-state index in [9.17, 15) is 4.79 Å². The largest absolute Gasteiger partial charge is 0.398 e. The van der Waals surface area contributed by atoms with Crippen LogP contribution in [-0.2, 0) is 13.0 Å². The second kappa shape index (κ2) is 10.3. The summed E-state index contributed by atoms with van der Waals surface area (Å²) >= 11 is 0. The molecule has 158 valence electrons. The van der Waals surface area contributed by atoms with Gasteiger partial charge in [0.1, 0.15) is 0 Å². The van der Waals surface area contributed by atoms with Crippen LogP contribution >= 0.6 is 24.8 Å². The molecule has 7 heteroatoms. The van der Waals surface area contributed by atoms with E-state index in [1.807, 2.05) is 35.2 Å². The number of nitrogen functional groups attached to an aromatic ring is 1. The Morgan fingerprint density at radius 3 is 2.48 bits per heavy atom. The molecule has 1 fully saturated rings. The molecule has 0 aromatic heterocycles. The van der Waals surface area contributed by atoms with Gasteiger partial charge < -0.3 is 15.5 Å². The van der Waals surface area contributed by atoms with Crippen molar-refractivity contribution in [3.63, 3.8) is 0 Å². The van der Waals surface area contributed by atoms with Crippen LogP contribution in [0.4, 0.5) is 11.4 Å². The molecule has 29 heavy (non-hydrogen) atoms. The Balaban J connectivity index is 0.00000150. The maximum atomic E-state index is 13.2. The molecule has 0 atom stereocenters. The summed E-state index contributed by atoms with van der Waals surface area (Å²) in [6.07, 6.45) is 1.89. The Labute approximate surface area is 185 Å². The zero-order chi connectivity index (χ0) is 18.8. The van der Waals surface area contributed by atoms with Crippen molar-refractivity contribution < 1.29 is 4.79 Å². The van der Waals surface area contributed by atoms with Gasteiger partial charge in [0.25, 0.3) is 5.91 Å². The van der Waals surface area contributed by atoms with Crippen LogP contribution in [0.5, 0.6) is 0 Å². The van der Waals surface area contributed by atoms with Crippen molar-refractivity contribution in [1.82, 2.24) is 9.80 Å². The van der Waals surface area contributed by atoms with Crippen LogP contribution in [-0.4, -0.2) is 55.5 Å². The molecule has 0 aliphatic carbocycles. The van der Waals surface area contributed by atoms with Gasteiger partial charge in [-0.15, -0.1) is 24.8 Å². The number of amides is 1. The molecule has 2 heterocycles. The molecule has 2 aliphatic rings. The predicted octanol–water partition coefficient (Wildman–Crippen LogP) is 3.45. The lowest BCUT2D eigenvalue weighted by Gasteiger charge is -2.32. The summed E-state index contributed by atoms with van der Waals surface area (Å²) in [6.45, 7) is 6.01. The van der Waals surface area contributed by atoms with E-state index in [1.54, 1.807) is 0 Å². The number of nitrogens with zero attached hydrogens (tertiary/aromatic N) is 3. The highest BCUT2D eigenvalue weighted by Crippen LogP contribution is 2.32. The number of piperazine rings is 1. The van der Waals surface area contributed by atoms with Crippen LogP contribution in [0.25, 0.3) is 0 Å². The fraction of sp³-hybridized carbons (Fsp3) is 0.409. The molecule has 2 N–H and O–H groups in total. The van der Waals surface area contributed by atoms with E-state index in [0.29, 0.717) is 0 Å². The number of hydrogen-bond donors (Lipinski definition) is 1. The summed E-state index contributed by atoms with van der Waals surface area (Å²) in [5.41, 5.74) is 11.0. The molecule has 2 aromatic rings. The maximum Gasteiger partial charge on any atom is 0.258 e. The number of carbonyl (C=O) groups is 1. The number of nitrogens with two attached hydrogens (primary N) is 1. The van der Waals surface area contributed by atoms with E-state index in [2.05, 4.69) is 29.0 Å². The highest BCUT2D eigenvalue weighted by Gasteiger charge is 2.25. The first kappa shape index (κ1) is 23.5. The van der Waals surface area contributed by atoms with E-state index < -0.39 is 0 Å². The third-order valence-electron chi connectivity index (χ3n) is 5.71. The molecule has 4 rings (SSSR count). The molecule has 2 aliphatic heterocycles. The molecule has 0 radical (unpaired) electrons. The van der Waals surface area contributed by atoms with Crippen molar-refractivity contribution in [2.24, 2.45) is 0 Å². The number of rotatable bonds is 3. The molecule has 0 bridgehead atoms. The Hall–Kier alpha value is -1.79. The van der Waals surface area contributed by atoms with Gasteiger partial charge in [-0.1, -0.05) is 18.2 Å². The van der Waals surface area contributed by atoms with Crippen molar-refractivity contribution >= 4 is 42.1 Å². The molecule has 0 spiro atoms. The van der Waals surface area contributed by atoms with Gasteiger partial charge in [-0.2, -0.15) is 0 Å². The summed E-state index contributed by atoms with van der Waals surface area (Å²) in [4.78, 5) is 19.9. The van der Waals surface area contributed by atoms with Crippen LogP contribution in [0.2, 0.25) is 0 Å². The minimum Gasteiger partial charge on any atom is -0.398 e. The topological polar surface area (TPSA) is 52.8 Å². The van der Waals surface area contributed by atoms with E-state index in [0.717, 1.165) is 74.6 Å². The smallest absolute Gasteiger partial charge is 0.258 e. The monoisotopic (exact) mass is 436 g/mol. The Kier molecular flexibility index (Phi) is 8.34. The molecule has 1 saturated heterocycles. The fourth-order valence-electron chi connectivity index (χ4n) is 4.09. The number of likely N-dealkylation sites (N-methyl/N-ethyl adjacent to an activating group) is 1. The van der Waals surface area contributed by atoms with Gasteiger partial charge in [-0.3, -0.25) is 9.69 Å². The van der Waals surface area contributed by atoms with Crippen LogP contribution in [0.3, 0.4) is 0 Å². The molecule has 5 nitrogen and oxygen atoms in total. The number of anilines is 2. The van der Waals surface area contributed by atoms with Crippen LogP contribution in [0, 0.1) is 0 Å². The molecular formula is C22H30Cl2N4O. The average Bonchev–Trinajstić information content (AvgIpc) is 2.69. The van der Waals surface area contributed by atoms with E-state index >= 15 is 0 Å². The number of carbonyl (C=O) groups excluding carboxylic acids is 1. The lowest BCUT2D eigenvalue weighted by atomic mass is 9.98. The first-order valence-corrected chi connectivity index (χ1v) is 9.81. The molecule has 2 aromatic carbocycles. The second-order valence-corrected chi connectivity index (χ2v) is 7.69. The van der Waals surface area contributed by atoms with Crippen LogP contribution in [0.1, 0.15) is 27.9 Å². The van der Waals surface area contributed by atoms with Gasteiger partial charge in [0.05, 0.1) is 0 Å². The minimum absolute atomic E-state index is 0. The quantitative estimate of drug-likeness (QED) is 0.748. The van der Waals surface area contributed by atoms with Gasteiger partial charge in [-0.05, 0) is 55.3 Å². The van der Waals surface area contributed by atoms with Gasteiger partial charge in [0.2, 0.25) is 0 Å². The summed E-state index contributed by atoms with van der Waals surface area (Å²) < 4.78 is 0. The molecular weight excluding hydrogens is 407 g/mol. The zero-order valence-electron chi connectivity index (χ0n) is 16.8. The van der Waals surface area contributed by atoms with Crippen molar-refractivity contribution in [3.05, 3.63) is 59.2 Å². The number of halogens is 2. The van der Waals surface area contributed by atoms with E-state index in [1.165, 1.54) is 5.56 Å². The minimum atomic E-state index is 0. The Morgan fingerprint density at radius 1 is 1.00 bits per heavy atom. The third kappa shape index (κ3) is 5.23. The number of hydrogen-bond acceptors (Lipinski definition) is 4. The molecule has 1 amide bonds. The number of fused-ring (bicyclic) bond motifs is 1. The third-order valence-corrected chi connectivity index (χ3v) is 5.71. The predicted molar refractivity (Wildman–Crippen MR) is 125 cm³/mol. The van der Waals surface area contributed by atoms with Crippen molar-refractivity contribution in [2.45, 2.75) is 19.4 Å². The maximum absolute atomic E-state index is 13.2. The summed E-state index contributed by atoms with van der Waals surface area (Å²) in [5.74, 6) is 0.0711. The summed E-state index contributed by atoms with van der Waals surface area (Å²) in [7, 11) is 2.17. The average molecular weight is 437 g/mol. The SMILES string of the molecule is CN1CCN(Cc2cccc(C(=O)N3CCCc4c(N)cccc43)c2)CC1.Cl.Cl. The first-order chi connectivity index (χ1) is 13.1. The van der Waals surface area contributed by atoms with Gasteiger partial charge >= 0.3 is 0 Å². The van der Waals surface area contributed by atoms with E-state index in [-0.39, 0.29) is 30.7 Å². The van der Waals surface area contributed by atoms with E-state index in [4.69, 9.17) is 5.73 Å². The van der Waals surface area contributed by atoms with Crippen molar-refractivity contribution in [3.8, 4) is 0 Å². The molecule has 0 unspecified atom stereocenters. The fourth-order valence-corrected chi connectivity index (χ4v) is 4.09. The standard InChI is InChI=1S/C22H28N4O.2ClH/c1-24-11-13-25(14-12-24)16-17-5-2-6-18(15-17)22(27)26-10-4-7-19-20(23)8-3-9-21(19)26;;/h2-3,5-6,8-9,15H,4,7,10-14,16,23H2,1H3;2*1H. The lowest BCUT2D eigenvalue weighted by Crippen LogP contribution is -2.43. The van der Waals surface area contributed by atoms with Crippen LogP contribution < -0.4 is 10.6 Å².